The van der Waals surface area contributed by atoms with E-state index in [9.17, 15) is 9.59 Å². The highest BCUT2D eigenvalue weighted by Crippen LogP contribution is 2.16. The van der Waals surface area contributed by atoms with Gasteiger partial charge in [0, 0.05) is 19.6 Å². The molecule has 0 unspecified atom stereocenters. The summed E-state index contributed by atoms with van der Waals surface area (Å²) in [6.45, 7) is 4.29. The van der Waals surface area contributed by atoms with E-state index in [1.165, 1.54) is 0 Å². The Balaban J connectivity index is 2.23. The molecule has 0 aromatic rings. The number of rotatable bonds is 4. The molecule has 0 atom stereocenters. The summed E-state index contributed by atoms with van der Waals surface area (Å²) >= 11 is 0. The van der Waals surface area contributed by atoms with E-state index in [0.717, 1.165) is 12.8 Å². The van der Waals surface area contributed by atoms with Crippen LogP contribution in [0.15, 0.2) is 0 Å². The van der Waals surface area contributed by atoms with Gasteiger partial charge >= 0.3 is 12.5 Å². The number of nitrogens with one attached hydrogen (secondary N) is 1. The van der Waals surface area contributed by atoms with Crippen molar-refractivity contribution < 1.29 is 14.3 Å². The van der Waals surface area contributed by atoms with Gasteiger partial charge in [-0.1, -0.05) is 0 Å². The summed E-state index contributed by atoms with van der Waals surface area (Å²) in [6.07, 6.45) is 3.25. The van der Waals surface area contributed by atoms with Crippen molar-refractivity contribution in [2.24, 2.45) is 5.92 Å². The zero-order valence-corrected chi connectivity index (χ0v) is 8.99. The summed E-state index contributed by atoms with van der Waals surface area (Å²) in [5.41, 5.74) is 0. The van der Waals surface area contributed by atoms with Gasteiger partial charge < -0.3 is 15.0 Å². The van der Waals surface area contributed by atoms with Gasteiger partial charge in [0.2, 0.25) is 0 Å². The number of hydrogen-bond acceptors (Lipinski definition) is 3. The predicted octanol–water partition coefficient (Wildman–Crippen LogP) is 0.512. The zero-order chi connectivity index (χ0) is 11.1. The minimum atomic E-state index is -0.231. The van der Waals surface area contributed by atoms with Gasteiger partial charge in [-0.25, -0.2) is 4.79 Å². The lowest BCUT2D eigenvalue weighted by molar-refractivity contribution is 0.0921. The third-order valence-electron chi connectivity index (χ3n) is 2.60. The molecule has 1 N–H and O–H groups in total. The average molecular weight is 213 g/mol. The Morgan fingerprint density at radius 2 is 2.20 bits per heavy atom. The van der Waals surface area contributed by atoms with E-state index in [-0.39, 0.29) is 6.09 Å². The molecule has 1 fully saturated rings. The molecule has 1 radical (unpaired) electrons. The molecular weight excluding hydrogens is 196 g/mol. The maximum absolute atomic E-state index is 11.3. The second kappa shape index (κ2) is 6.27. The second-order valence-corrected chi connectivity index (χ2v) is 3.61. The lowest BCUT2D eigenvalue weighted by Crippen LogP contribution is -2.40. The molecule has 1 aliphatic heterocycles. The van der Waals surface area contributed by atoms with Gasteiger partial charge in [-0.2, -0.15) is 0 Å². The third-order valence-corrected chi connectivity index (χ3v) is 2.60. The summed E-state index contributed by atoms with van der Waals surface area (Å²) in [7, 11) is 0. The predicted molar refractivity (Wildman–Crippen MR) is 55.0 cm³/mol. The number of amides is 2. The van der Waals surface area contributed by atoms with Crippen LogP contribution in [0, 0.1) is 5.92 Å². The molecule has 0 saturated carbocycles. The first-order chi connectivity index (χ1) is 7.27. The topological polar surface area (TPSA) is 58.6 Å². The van der Waals surface area contributed by atoms with Crippen molar-refractivity contribution in [2.75, 3.05) is 26.2 Å². The highest BCUT2D eigenvalue weighted by molar-refractivity contribution is 5.67. The van der Waals surface area contributed by atoms with Gasteiger partial charge in [0.1, 0.15) is 0 Å². The maximum atomic E-state index is 11.3. The first-order valence-electron chi connectivity index (χ1n) is 5.29. The van der Waals surface area contributed by atoms with E-state index in [1.807, 2.05) is 0 Å². The molecule has 5 nitrogen and oxygen atoms in total. The number of ether oxygens (including phenoxy) is 1. The largest absolute Gasteiger partial charge is 0.450 e. The number of carbonyl (C=O) groups excluding carboxylic acids is 2. The average Bonchev–Trinajstić information content (AvgIpc) is 2.27. The van der Waals surface area contributed by atoms with Crippen LogP contribution in [0.1, 0.15) is 19.8 Å². The molecular formula is C10H17N2O3. The van der Waals surface area contributed by atoms with Crippen LogP contribution >= 0.6 is 0 Å². The minimum Gasteiger partial charge on any atom is -0.450 e. The fourth-order valence-corrected chi connectivity index (χ4v) is 1.72. The van der Waals surface area contributed by atoms with E-state index >= 15 is 0 Å². The van der Waals surface area contributed by atoms with Crippen molar-refractivity contribution in [1.82, 2.24) is 10.2 Å². The van der Waals surface area contributed by atoms with Crippen LogP contribution in [0.3, 0.4) is 0 Å². The Bertz CT molecular complexity index is 213. The number of carbonyl (C=O) groups is 1. The molecule has 85 valence electrons. The van der Waals surface area contributed by atoms with Crippen molar-refractivity contribution in [3.05, 3.63) is 0 Å². The van der Waals surface area contributed by atoms with E-state index in [4.69, 9.17) is 4.74 Å². The fraction of sp³-hybridized carbons (Fsp3) is 0.800. The van der Waals surface area contributed by atoms with Gasteiger partial charge in [0.25, 0.3) is 0 Å². The van der Waals surface area contributed by atoms with Gasteiger partial charge in [-0.3, -0.25) is 4.79 Å². The third kappa shape index (κ3) is 3.77. The standard InChI is InChI=1S/C10H17N2O3/c1-2-15-10(14)12-5-3-9(4-6-12)7-11-8-13/h9H,2-7H2,1H3,(H,11,13). The quantitative estimate of drug-likeness (QED) is 0.692. The number of piperidine rings is 1. The first kappa shape index (κ1) is 11.8. The van der Waals surface area contributed by atoms with Crippen molar-refractivity contribution >= 4 is 12.5 Å². The van der Waals surface area contributed by atoms with Crippen molar-refractivity contribution in [2.45, 2.75) is 19.8 Å². The lowest BCUT2D eigenvalue weighted by Gasteiger charge is -2.30. The second-order valence-electron chi connectivity index (χ2n) is 3.61. The molecule has 1 rings (SSSR count). The van der Waals surface area contributed by atoms with Crippen LogP contribution < -0.4 is 5.32 Å². The minimum absolute atomic E-state index is 0.231. The molecule has 0 bridgehead atoms. The fourth-order valence-electron chi connectivity index (χ4n) is 1.72. The van der Waals surface area contributed by atoms with Gasteiger partial charge in [-0.05, 0) is 25.7 Å². The smallest absolute Gasteiger partial charge is 0.409 e. The molecule has 0 aromatic heterocycles. The van der Waals surface area contributed by atoms with E-state index in [0.29, 0.717) is 32.2 Å². The van der Waals surface area contributed by atoms with Gasteiger partial charge in [-0.15, -0.1) is 0 Å². The Kier molecular flexibility index (Phi) is 4.93. The lowest BCUT2D eigenvalue weighted by atomic mass is 9.97. The van der Waals surface area contributed by atoms with E-state index < -0.39 is 0 Å². The molecule has 0 aliphatic carbocycles. The maximum Gasteiger partial charge on any atom is 0.409 e. The van der Waals surface area contributed by atoms with Crippen LogP contribution in [0.25, 0.3) is 0 Å². The number of hydrogen-bond donors (Lipinski definition) is 1. The summed E-state index contributed by atoms with van der Waals surface area (Å²) in [5, 5.41) is 2.55. The molecule has 0 spiro atoms. The Hall–Kier alpha value is -1.26. The Labute approximate surface area is 89.8 Å². The van der Waals surface area contributed by atoms with Crippen molar-refractivity contribution in [1.29, 1.82) is 0 Å². The summed E-state index contributed by atoms with van der Waals surface area (Å²) in [4.78, 5) is 23.0. The summed E-state index contributed by atoms with van der Waals surface area (Å²) < 4.78 is 4.91. The number of likely N-dealkylation sites (tertiary alicyclic amines) is 1. The molecule has 15 heavy (non-hydrogen) atoms. The molecule has 1 heterocycles. The van der Waals surface area contributed by atoms with Crippen molar-refractivity contribution in [3.63, 3.8) is 0 Å². The van der Waals surface area contributed by atoms with Crippen LogP contribution in [0.5, 0.6) is 0 Å². The van der Waals surface area contributed by atoms with Crippen LogP contribution in [-0.4, -0.2) is 43.6 Å². The number of nitrogens with zero attached hydrogens (tertiary/aromatic N) is 1. The Morgan fingerprint density at radius 3 is 2.73 bits per heavy atom. The van der Waals surface area contributed by atoms with Gasteiger partial charge in [0.15, 0.2) is 0 Å². The van der Waals surface area contributed by atoms with Gasteiger partial charge in [0.05, 0.1) is 6.61 Å². The highest BCUT2D eigenvalue weighted by Gasteiger charge is 2.22. The van der Waals surface area contributed by atoms with Crippen LogP contribution in [0.4, 0.5) is 4.79 Å². The summed E-state index contributed by atoms with van der Waals surface area (Å²) in [5.74, 6) is 0.456. The first-order valence-corrected chi connectivity index (χ1v) is 5.29. The molecule has 1 saturated heterocycles. The van der Waals surface area contributed by atoms with Crippen LogP contribution in [-0.2, 0) is 9.53 Å². The zero-order valence-electron chi connectivity index (χ0n) is 8.99. The molecule has 5 heteroatoms. The van der Waals surface area contributed by atoms with Crippen LogP contribution in [0.2, 0.25) is 0 Å². The van der Waals surface area contributed by atoms with Crippen molar-refractivity contribution in [3.8, 4) is 0 Å². The summed E-state index contributed by atoms with van der Waals surface area (Å²) in [6, 6.07) is 0. The highest BCUT2D eigenvalue weighted by atomic mass is 16.6. The monoisotopic (exact) mass is 213 g/mol. The van der Waals surface area contributed by atoms with E-state index in [2.05, 4.69) is 5.32 Å². The molecule has 1 aliphatic rings. The molecule has 2 amide bonds. The SMILES string of the molecule is CCOC(=O)N1CCC(CN[C]=O)CC1. The van der Waals surface area contributed by atoms with E-state index in [1.54, 1.807) is 18.2 Å². The Morgan fingerprint density at radius 1 is 1.53 bits per heavy atom. The normalized spacial score (nSPS) is 17.3. The molecule has 0 aromatic carbocycles.